The zero-order valence-electron chi connectivity index (χ0n) is 20.7. The highest BCUT2D eigenvalue weighted by molar-refractivity contribution is 6.42. The number of piperidine rings is 1. The fourth-order valence-corrected chi connectivity index (χ4v) is 7.12. The van der Waals surface area contributed by atoms with Gasteiger partial charge in [-0.3, -0.25) is 9.69 Å². The second-order valence-corrected chi connectivity index (χ2v) is 11.9. The maximum absolute atomic E-state index is 14.0. The first kappa shape index (κ1) is 24.8. The van der Waals surface area contributed by atoms with Crippen molar-refractivity contribution in [2.24, 2.45) is 11.8 Å². The molecule has 1 aromatic carbocycles. The van der Waals surface area contributed by atoms with Gasteiger partial charge < -0.3 is 14.5 Å². The number of anilines is 1. The molecule has 0 unspecified atom stereocenters. The molecule has 4 aliphatic rings. The third kappa shape index (κ3) is 4.64. The zero-order valence-corrected chi connectivity index (χ0v) is 22.2. The van der Waals surface area contributed by atoms with E-state index in [0.29, 0.717) is 22.6 Å². The van der Waals surface area contributed by atoms with Crippen LogP contribution < -0.4 is 4.90 Å². The first-order valence-corrected chi connectivity index (χ1v) is 14.0. The fraction of sp³-hybridized carbons (Fsp3) is 0.741. The molecule has 0 aromatic heterocycles. The summed E-state index contributed by atoms with van der Waals surface area (Å²) in [5.41, 5.74) is 1.61. The van der Waals surface area contributed by atoms with Crippen LogP contribution in [0, 0.1) is 11.8 Å². The summed E-state index contributed by atoms with van der Waals surface area (Å²) in [5, 5.41) is 1.08. The highest BCUT2D eigenvalue weighted by atomic mass is 35.5. The molecule has 1 amide bonds. The molecule has 0 bridgehead atoms. The van der Waals surface area contributed by atoms with Crippen molar-refractivity contribution < 1.29 is 9.53 Å². The minimum absolute atomic E-state index is 0.247. The third-order valence-corrected chi connectivity index (χ3v) is 9.82. The largest absolute Gasteiger partial charge is 0.379 e. The number of hydrogen-bond donors (Lipinski definition) is 0. The summed E-state index contributed by atoms with van der Waals surface area (Å²) >= 11 is 12.9. The van der Waals surface area contributed by atoms with E-state index in [4.69, 9.17) is 27.9 Å². The van der Waals surface area contributed by atoms with E-state index in [9.17, 15) is 4.79 Å². The Balaban J connectivity index is 1.31. The van der Waals surface area contributed by atoms with E-state index >= 15 is 0 Å². The van der Waals surface area contributed by atoms with Crippen LogP contribution in [-0.4, -0.2) is 74.2 Å². The molecular weight excluding hydrogens is 469 g/mol. The van der Waals surface area contributed by atoms with Gasteiger partial charge in [-0.1, -0.05) is 37.0 Å². The van der Waals surface area contributed by atoms with Crippen molar-refractivity contribution in [1.82, 2.24) is 9.80 Å². The standard InChI is InChI=1S/C27H39Cl2N3O2/c1-19(2)20-3-5-21(6-4-20)31-9-7-27(8-10-31)22-17-23(28)24(29)18-25(22)32(26(27)33)12-11-30-13-15-34-16-14-30/h17-21H,3-16H2,1-2H3. The number of carbonyl (C=O) groups is 1. The second kappa shape index (κ2) is 10.3. The summed E-state index contributed by atoms with van der Waals surface area (Å²) in [7, 11) is 0. The van der Waals surface area contributed by atoms with Crippen LogP contribution in [0.3, 0.4) is 0 Å². The number of morpholine rings is 1. The van der Waals surface area contributed by atoms with Gasteiger partial charge in [0.2, 0.25) is 5.91 Å². The normalized spacial score (nSPS) is 28.1. The summed E-state index contributed by atoms with van der Waals surface area (Å²) in [6.07, 6.45) is 7.02. The first-order valence-electron chi connectivity index (χ1n) is 13.2. The van der Waals surface area contributed by atoms with Crippen molar-refractivity contribution >= 4 is 34.8 Å². The van der Waals surface area contributed by atoms with E-state index in [1.807, 2.05) is 17.0 Å². The maximum Gasteiger partial charge on any atom is 0.237 e. The topological polar surface area (TPSA) is 36.0 Å². The van der Waals surface area contributed by atoms with Crippen LogP contribution in [0.25, 0.3) is 0 Å². The molecule has 1 aromatic rings. The lowest BCUT2D eigenvalue weighted by Crippen LogP contribution is -2.52. The molecule has 0 atom stereocenters. The Bertz CT molecular complexity index is 886. The van der Waals surface area contributed by atoms with E-state index in [1.54, 1.807) is 0 Å². The van der Waals surface area contributed by atoms with Crippen LogP contribution in [0.5, 0.6) is 0 Å². The Morgan fingerprint density at radius 3 is 2.26 bits per heavy atom. The van der Waals surface area contributed by atoms with Crippen LogP contribution in [-0.2, 0) is 14.9 Å². The van der Waals surface area contributed by atoms with Gasteiger partial charge in [-0.25, -0.2) is 0 Å². The molecule has 2 saturated heterocycles. The lowest BCUT2D eigenvalue weighted by atomic mass is 9.72. The van der Waals surface area contributed by atoms with Gasteiger partial charge in [-0.05, 0) is 81.1 Å². The number of benzene rings is 1. The lowest BCUT2D eigenvalue weighted by molar-refractivity contribution is -0.125. The SMILES string of the molecule is CC(C)C1CCC(N2CCC3(CC2)C(=O)N(CCN2CCOCC2)c2cc(Cl)c(Cl)cc23)CC1. The minimum atomic E-state index is -0.458. The highest BCUT2D eigenvalue weighted by Gasteiger charge is 2.52. The summed E-state index contributed by atoms with van der Waals surface area (Å²) in [4.78, 5) is 21.1. The first-order chi connectivity index (χ1) is 16.4. The van der Waals surface area contributed by atoms with Crippen molar-refractivity contribution in [1.29, 1.82) is 0 Å². The van der Waals surface area contributed by atoms with Gasteiger partial charge in [0, 0.05) is 37.9 Å². The van der Waals surface area contributed by atoms with Crippen molar-refractivity contribution in [2.75, 3.05) is 57.4 Å². The van der Waals surface area contributed by atoms with E-state index < -0.39 is 5.41 Å². The molecule has 3 fully saturated rings. The summed E-state index contributed by atoms with van der Waals surface area (Å²) in [6, 6.07) is 4.58. The smallest absolute Gasteiger partial charge is 0.237 e. The van der Waals surface area contributed by atoms with Crippen LogP contribution in [0.15, 0.2) is 12.1 Å². The molecule has 1 saturated carbocycles. The number of nitrogens with zero attached hydrogens (tertiary/aromatic N) is 3. The molecule has 0 N–H and O–H groups in total. The number of rotatable bonds is 5. The number of likely N-dealkylation sites (tertiary alicyclic amines) is 1. The van der Waals surface area contributed by atoms with Gasteiger partial charge in [0.1, 0.15) is 0 Å². The Morgan fingerprint density at radius 1 is 0.971 bits per heavy atom. The van der Waals surface area contributed by atoms with E-state index in [1.165, 1.54) is 25.7 Å². The number of carbonyl (C=O) groups excluding carboxylic acids is 1. The minimum Gasteiger partial charge on any atom is -0.379 e. The molecule has 5 nitrogen and oxygen atoms in total. The predicted octanol–water partition coefficient (Wildman–Crippen LogP) is 5.22. The lowest BCUT2D eigenvalue weighted by Gasteiger charge is -2.44. The van der Waals surface area contributed by atoms with Crippen molar-refractivity contribution in [3.8, 4) is 0 Å². The number of amides is 1. The number of ether oxygens (including phenoxy) is 1. The molecule has 1 aliphatic carbocycles. The molecule has 3 heterocycles. The average molecular weight is 509 g/mol. The van der Waals surface area contributed by atoms with Gasteiger partial charge >= 0.3 is 0 Å². The Labute approximate surface area is 214 Å². The molecule has 5 rings (SSSR count). The quantitative estimate of drug-likeness (QED) is 0.547. The van der Waals surface area contributed by atoms with Crippen LogP contribution >= 0.6 is 23.2 Å². The van der Waals surface area contributed by atoms with Gasteiger partial charge in [0.25, 0.3) is 0 Å². The van der Waals surface area contributed by atoms with Gasteiger partial charge in [-0.2, -0.15) is 0 Å². The molecule has 1 spiro atoms. The predicted molar refractivity (Wildman–Crippen MR) is 139 cm³/mol. The van der Waals surface area contributed by atoms with E-state index in [-0.39, 0.29) is 5.91 Å². The highest BCUT2D eigenvalue weighted by Crippen LogP contribution is 2.50. The fourth-order valence-electron chi connectivity index (χ4n) is 6.80. The maximum atomic E-state index is 14.0. The molecule has 34 heavy (non-hydrogen) atoms. The van der Waals surface area contributed by atoms with Gasteiger partial charge in [0.15, 0.2) is 0 Å². The van der Waals surface area contributed by atoms with Crippen LogP contribution in [0.2, 0.25) is 10.0 Å². The third-order valence-electron chi connectivity index (χ3n) is 9.10. The Kier molecular flexibility index (Phi) is 7.49. The van der Waals surface area contributed by atoms with E-state index in [2.05, 4.69) is 23.6 Å². The molecular formula is C27H39Cl2N3O2. The Morgan fingerprint density at radius 2 is 1.62 bits per heavy atom. The Hall–Kier alpha value is -0.850. The molecule has 188 valence electrons. The van der Waals surface area contributed by atoms with Crippen molar-refractivity contribution in [2.45, 2.75) is 63.8 Å². The molecule has 0 radical (unpaired) electrons. The average Bonchev–Trinajstić information content (AvgIpc) is 3.06. The number of fused-ring (bicyclic) bond motifs is 2. The van der Waals surface area contributed by atoms with Crippen LogP contribution in [0.1, 0.15) is 57.9 Å². The zero-order chi connectivity index (χ0) is 23.9. The van der Waals surface area contributed by atoms with Gasteiger partial charge in [0.05, 0.1) is 28.7 Å². The summed E-state index contributed by atoms with van der Waals surface area (Å²) in [6.45, 7) is 11.6. The monoisotopic (exact) mass is 507 g/mol. The number of hydrogen-bond acceptors (Lipinski definition) is 4. The number of halogens is 2. The molecule has 7 heteroatoms. The van der Waals surface area contributed by atoms with E-state index in [0.717, 1.165) is 81.9 Å². The second-order valence-electron chi connectivity index (χ2n) is 11.1. The van der Waals surface area contributed by atoms with Gasteiger partial charge in [-0.15, -0.1) is 0 Å². The summed E-state index contributed by atoms with van der Waals surface area (Å²) in [5.74, 6) is 1.91. The molecule has 3 aliphatic heterocycles. The van der Waals surface area contributed by atoms with Crippen molar-refractivity contribution in [3.05, 3.63) is 27.7 Å². The summed E-state index contributed by atoms with van der Waals surface area (Å²) < 4.78 is 5.49. The van der Waals surface area contributed by atoms with Crippen molar-refractivity contribution in [3.63, 3.8) is 0 Å². The van der Waals surface area contributed by atoms with Crippen LogP contribution in [0.4, 0.5) is 5.69 Å².